The summed E-state index contributed by atoms with van der Waals surface area (Å²) in [4.78, 5) is 30.5. The second kappa shape index (κ2) is 27.4. The van der Waals surface area contributed by atoms with Crippen LogP contribution in [0.25, 0.3) is 0 Å². The third-order valence-corrected chi connectivity index (χ3v) is 7.73. The van der Waals surface area contributed by atoms with Crippen molar-refractivity contribution >= 4 is 13.7 Å². The fourth-order valence-corrected chi connectivity index (χ4v) is 5.11. The average molecular weight is 576 g/mol. The maximum absolute atomic E-state index is 12.4. The molecule has 2 atom stereocenters. The van der Waals surface area contributed by atoms with Crippen LogP contribution in [0.15, 0.2) is 12.2 Å². The van der Waals surface area contributed by atoms with E-state index in [1.54, 1.807) is 6.08 Å². The van der Waals surface area contributed by atoms with Crippen LogP contribution in [0.3, 0.4) is 0 Å². The molecule has 0 fully saturated rings. The first-order valence-corrected chi connectivity index (χ1v) is 17.7. The van der Waals surface area contributed by atoms with Crippen LogP contribution in [-0.4, -0.2) is 39.6 Å². The van der Waals surface area contributed by atoms with Gasteiger partial charge in [0.15, 0.2) is 0 Å². The van der Waals surface area contributed by atoms with Crippen LogP contribution in [0.1, 0.15) is 162 Å². The summed E-state index contributed by atoms with van der Waals surface area (Å²) in [5.41, 5.74) is 0. The highest BCUT2D eigenvalue weighted by atomic mass is 31.2. The predicted octanol–water partition coefficient (Wildman–Crippen LogP) is 8.51. The quantitative estimate of drug-likeness (QED) is 0.0404. The Morgan fingerprint density at radius 2 is 1.13 bits per heavy atom. The van der Waals surface area contributed by atoms with Crippen molar-refractivity contribution in [3.8, 4) is 0 Å². The van der Waals surface area contributed by atoms with Gasteiger partial charge in [-0.2, -0.15) is 0 Å². The lowest BCUT2D eigenvalue weighted by Gasteiger charge is -2.22. The minimum Gasteiger partial charge on any atom is -0.387 e. The molecular formula is C31H62NO6P. The summed E-state index contributed by atoms with van der Waals surface area (Å²) in [7, 11) is -4.70. The molecule has 0 aromatic carbocycles. The van der Waals surface area contributed by atoms with Crippen molar-refractivity contribution in [1.29, 1.82) is 0 Å². The van der Waals surface area contributed by atoms with E-state index in [4.69, 9.17) is 9.79 Å². The van der Waals surface area contributed by atoms with E-state index in [0.29, 0.717) is 6.42 Å². The molecule has 0 bridgehead atoms. The Morgan fingerprint density at radius 3 is 1.56 bits per heavy atom. The number of phosphoric ester groups is 1. The number of hydrogen-bond donors (Lipinski definition) is 4. The summed E-state index contributed by atoms with van der Waals surface area (Å²) in [5.74, 6) is -0.229. The molecule has 0 spiro atoms. The van der Waals surface area contributed by atoms with Gasteiger partial charge in [-0.1, -0.05) is 148 Å². The summed E-state index contributed by atoms with van der Waals surface area (Å²) in [6, 6.07) is -0.901. The van der Waals surface area contributed by atoms with E-state index < -0.39 is 26.6 Å². The number of allylic oxidation sites excluding steroid dienone is 1. The zero-order valence-electron chi connectivity index (χ0n) is 25.3. The highest BCUT2D eigenvalue weighted by Gasteiger charge is 2.24. The van der Waals surface area contributed by atoms with Crippen LogP contribution < -0.4 is 5.32 Å². The molecular weight excluding hydrogens is 513 g/mol. The molecule has 0 rings (SSSR count). The van der Waals surface area contributed by atoms with Gasteiger partial charge in [-0.25, -0.2) is 4.57 Å². The monoisotopic (exact) mass is 575 g/mol. The minimum absolute atomic E-state index is 0.229. The molecule has 232 valence electrons. The lowest BCUT2D eigenvalue weighted by atomic mass is 10.0. The molecule has 7 nitrogen and oxygen atoms in total. The number of amides is 1. The molecule has 39 heavy (non-hydrogen) atoms. The van der Waals surface area contributed by atoms with E-state index in [1.165, 1.54) is 103 Å². The van der Waals surface area contributed by atoms with Crippen molar-refractivity contribution in [1.82, 2.24) is 5.32 Å². The highest BCUT2D eigenvalue weighted by molar-refractivity contribution is 7.46. The van der Waals surface area contributed by atoms with Crippen LogP contribution in [0, 0.1) is 0 Å². The number of rotatable bonds is 29. The van der Waals surface area contributed by atoms with Gasteiger partial charge < -0.3 is 20.2 Å². The van der Waals surface area contributed by atoms with Crippen molar-refractivity contribution < 1.29 is 28.8 Å². The zero-order chi connectivity index (χ0) is 29.0. The Bertz CT molecular complexity index is 624. The van der Waals surface area contributed by atoms with Crippen LogP contribution in [0.4, 0.5) is 0 Å². The third-order valence-electron chi connectivity index (χ3n) is 7.25. The van der Waals surface area contributed by atoms with Gasteiger partial charge in [0.25, 0.3) is 0 Å². The van der Waals surface area contributed by atoms with Gasteiger partial charge in [0, 0.05) is 6.42 Å². The lowest BCUT2D eigenvalue weighted by molar-refractivity contribution is -0.123. The van der Waals surface area contributed by atoms with Crippen molar-refractivity contribution in [3.05, 3.63) is 12.2 Å². The predicted molar refractivity (Wildman–Crippen MR) is 163 cm³/mol. The van der Waals surface area contributed by atoms with Gasteiger partial charge in [-0.3, -0.25) is 9.32 Å². The Balaban J connectivity index is 4.14. The summed E-state index contributed by atoms with van der Waals surface area (Å²) >= 11 is 0. The summed E-state index contributed by atoms with van der Waals surface area (Å²) in [5, 5.41) is 13.3. The Hall–Kier alpha value is -0.720. The molecule has 0 radical (unpaired) electrons. The molecule has 0 unspecified atom stereocenters. The van der Waals surface area contributed by atoms with Gasteiger partial charge in [0.1, 0.15) is 0 Å². The second-order valence-corrected chi connectivity index (χ2v) is 12.4. The Labute approximate surface area is 240 Å². The fourth-order valence-electron chi connectivity index (χ4n) is 4.75. The first-order valence-electron chi connectivity index (χ1n) is 16.1. The van der Waals surface area contributed by atoms with E-state index in [1.807, 2.05) is 6.08 Å². The highest BCUT2D eigenvalue weighted by Crippen LogP contribution is 2.35. The largest absolute Gasteiger partial charge is 0.469 e. The number of aliphatic hydroxyl groups is 1. The third kappa shape index (κ3) is 28.6. The number of carbonyl (C=O) groups is 1. The van der Waals surface area contributed by atoms with Crippen LogP contribution in [0.2, 0.25) is 0 Å². The molecule has 4 N–H and O–H groups in total. The van der Waals surface area contributed by atoms with Crippen molar-refractivity contribution in [2.24, 2.45) is 0 Å². The molecule has 0 aromatic heterocycles. The average Bonchev–Trinajstić information content (AvgIpc) is 2.89. The van der Waals surface area contributed by atoms with Crippen molar-refractivity contribution in [2.75, 3.05) is 6.61 Å². The van der Waals surface area contributed by atoms with E-state index in [9.17, 15) is 14.5 Å². The topological polar surface area (TPSA) is 116 Å². The molecule has 0 aliphatic rings. The standard InChI is InChI=1S/C31H62NO6P/c1-3-5-7-9-11-13-15-17-18-20-22-24-26-30(33)29(28-38-39(35,36)37)32-31(34)27-25-23-21-19-16-14-12-10-8-6-4-2/h24,26,29-30,33H,3-23,25,27-28H2,1-2H3,(H,32,34)(H2,35,36,37)/b26-24+/t29-,30+/m0/s1. The summed E-state index contributed by atoms with van der Waals surface area (Å²) in [6.07, 6.45) is 29.4. The maximum atomic E-state index is 12.4. The number of hydrogen-bond acceptors (Lipinski definition) is 4. The van der Waals surface area contributed by atoms with E-state index in [2.05, 4.69) is 23.7 Å². The molecule has 1 amide bonds. The van der Waals surface area contributed by atoms with E-state index >= 15 is 0 Å². The second-order valence-electron chi connectivity index (χ2n) is 11.1. The zero-order valence-corrected chi connectivity index (χ0v) is 26.2. The van der Waals surface area contributed by atoms with E-state index in [-0.39, 0.29) is 5.91 Å². The smallest absolute Gasteiger partial charge is 0.387 e. The molecule has 0 aliphatic heterocycles. The number of aliphatic hydroxyl groups excluding tert-OH is 1. The summed E-state index contributed by atoms with van der Waals surface area (Å²) < 4.78 is 15.8. The molecule has 0 saturated heterocycles. The summed E-state index contributed by atoms with van der Waals surface area (Å²) in [6.45, 7) is 4.02. The molecule has 0 aromatic rings. The van der Waals surface area contributed by atoms with Crippen molar-refractivity contribution in [3.63, 3.8) is 0 Å². The first-order chi connectivity index (χ1) is 18.8. The Kier molecular flexibility index (Phi) is 26.9. The number of unbranched alkanes of at least 4 members (excludes halogenated alkanes) is 20. The number of carbonyl (C=O) groups excluding carboxylic acids is 1. The van der Waals surface area contributed by atoms with Crippen molar-refractivity contribution in [2.45, 2.75) is 174 Å². The van der Waals surface area contributed by atoms with Crippen LogP contribution in [0.5, 0.6) is 0 Å². The minimum atomic E-state index is -4.70. The van der Waals surface area contributed by atoms with Gasteiger partial charge in [-0.15, -0.1) is 0 Å². The van der Waals surface area contributed by atoms with Gasteiger partial charge in [-0.05, 0) is 19.3 Å². The van der Waals surface area contributed by atoms with Gasteiger partial charge in [0.2, 0.25) is 5.91 Å². The number of nitrogens with one attached hydrogen (secondary N) is 1. The molecule has 8 heteroatoms. The van der Waals surface area contributed by atoms with E-state index in [0.717, 1.165) is 38.5 Å². The van der Waals surface area contributed by atoms with Crippen LogP contribution >= 0.6 is 7.82 Å². The normalized spacial score (nSPS) is 13.7. The molecule has 0 aliphatic carbocycles. The maximum Gasteiger partial charge on any atom is 0.469 e. The molecule has 0 saturated carbocycles. The lowest BCUT2D eigenvalue weighted by Crippen LogP contribution is -2.45. The van der Waals surface area contributed by atoms with Crippen LogP contribution in [-0.2, 0) is 13.9 Å². The van der Waals surface area contributed by atoms with Gasteiger partial charge in [0.05, 0.1) is 18.8 Å². The molecule has 0 heterocycles. The SMILES string of the molecule is CCCCCCCCCCCC/C=C/[C@@H](O)[C@H](COP(=O)(O)O)NC(=O)CCCCCCCCCCCCC. The fraction of sp³-hybridized carbons (Fsp3) is 0.903. The Morgan fingerprint density at radius 1 is 0.718 bits per heavy atom. The van der Waals surface area contributed by atoms with Gasteiger partial charge >= 0.3 is 7.82 Å². The number of phosphoric acid groups is 1. The first kappa shape index (κ1) is 38.3.